The van der Waals surface area contributed by atoms with E-state index in [4.69, 9.17) is 53.4 Å². The molecule has 13 nitrogen and oxygen atoms in total. The minimum atomic E-state index is -1.47. The Balaban J connectivity index is 1.09. The van der Waals surface area contributed by atoms with Gasteiger partial charge in [0.25, 0.3) is 0 Å². The third kappa shape index (κ3) is 5.96. The predicted octanol–water partition coefficient (Wildman–Crippen LogP) is 3.16. The molecule has 14 bridgehead atoms. The SMILES string of the molecule is C=C1C[C@@H]2CC[C@@]3(O)C[C@H]4O[C@H]5[C@@H]6[C@@H](O[C@H]7CC[C@@H]8CC(=O)C[C@@H]9[C@@H](OC)[C@@H](C[C@@H](CN)OC)O[C@H]9C[C@H]9O[C@@H](CC[C@@H]1O2)C[C@@H](C)C9=N[C@@]7(O8)[C@@H]6O3)[C@@H]54. The Morgan fingerprint density at radius 2 is 1.72 bits per heavy atom. The van der Waals surface area contributed by atoms with Crippen molar-refractivity contribution in [2.45, 2.75) is 187 Å². The van der Waals surface area contributed by atoms with Crippen LogP contribution in [-0.2, 0) is 47.4 Å². The predicted molar refractivity (Wildman–Crippen MR) is 193 cm³/mol. The van der Waals surface area contributed by atoms with Gasteiger partial charge in [-0.25, -0.2) is 0 Å². The number of methoxy groups -OCH3 is 2. The Labute approximate surface area is 318 Å². The van der Waals surface area contributed by atoms with Gasteiger partial charge in [0.05, 0.1) is 73.2 Å². The highest BCUT2D eigenvalue weighted by molar-refractivity contribution is 5.92. The number of carbonyl (C=O) groups is 1. The minimum absolute atomic E-state index is 0.0263. The van der Waals surface area contributed by atoms with E-state index in [1.165, 1.54) is 0 Å². The molecule has 54 heavy (non-hydrogen) atoms. The van der Waals surface area contributed by atoms with Crippen molar-refractivity contribution >= 4 is 11.5 Å². The number of nitrogens with zero attached hydrogens (tertiary/aromatic N) is 1. The van der Waals surface area contributed by atoms with Crippen LogP contribution in [0.3, 0.4) is 0 Å². The third-order valence-corrected chi connectivity index (χ3v) is 15.2. The van der Waals surface area contributed by atoms with Crippen LogP contribution in [0.1, 0.15) is 90.4 Å². The maximum absolute atomic E-state index is 14.2. The van der Waals surface area contributed by atoms with Crippen LogP contribution in [0.2, 0.25) is 0 Å². The maximum Gasteiger partial charge on any atom is 0.212 e. The normalized spacial score (nSPS) is 54.1. The van der Waals surface area contributed by atoms with Crippen molar-refractivity contribution in [2.24, 2.45) is 34.4 Å². The number of aliphatic hydroxyl groups is 1. The number of hydrogen-bond acceptors (Lipinski definition) is 13. The fraction of sp³-hybridized carbons (Fsp3) is 0.902. The van der Waals surface area contributed by atoms with E-state index >= 15 is 0 Å². The standard InChI is InChI=1S/C41H60N2O11/c1-19-11-23-9-10-40(45)17-31-33-37(51-31)34-38(33)52-32-8-6-24-13-21(44)14-26-28(50-30(36(26)47-4)15-25(18-42)46-3)16-29-35(43-41(32,53-24)39(34)54-40)20(2)12-22(49-29)5-7-27(19)48-23/h20,22-34,36-39,45H,1,5-18,42H2,2-4H3/t20-,22+,23+,24-,25+,26+,27+,28+,29-,30-,31-,32+,33-,34-,36-,37-,38+,39-,40+,41+/m1/s1. The van der Waals surface area contributed by atoms with Crippen LogP contribution >= 0.6 is 0 Å². The largest absolute Gasteiger partial charge is 0.380 e. The molecule has 13 rings (SSSR count). The molecule has 0 unspecified atom stereocenters. The van der Waals surface area contributed by atoms with Gasteiger partial charge in [0.15, 0.2) is 5.79 Å². The summed E-state index contributed by atoms with van der Waals surface area (Å²) >= 11 is 0. The summed E-state index contributed by atoms with van der Waals surface area (Å²) in [5.74, 6) is -1.43. The van der Waals surface area contributed by atoms with Crippen LogP contribution in [0.15, 0.2) is 17.1 Å². The number of nitrogens with two attached hydrogens (primary N) is 1. The van der Waals surface area contributed by atoms with E-state index in [2.05, 4.69) is 13.5 Å². The van der Waals surface area contributed by atoms with Gasteiger partial charge in [-0.3, -0.25) is 9.79 Å². The molecule has 1 spiro atoms. The summed E-state index contributed by atoms with van der Waals surface area (Å²) in [6, 6.07) is 0. The molecule has 10 fully saturated rings. The summed E-state index contributed by atoms with van der Waals surface area (Å²) in [4.78, 5) is 20.0. The number of Topliss-reactive ketones (excluding diaryl/α,β-unsaturated/α-hetero) is 1. The lowest BCUT2D eigenvalue weighted by atomic mass is 9.55. The molecular weight excluding hydrogens is 696 g/mol. The minimum Gasteiger partial charge on any atom is -0.380 e. The van der Waals surface area contributed by atoms with E-state index in [1.807, 2.05) is 0 Å². The van der Waals surface area contributed by atoms with Crippen LogP contribution in [0.5, 0.6) is 0 Å². The number of ether oxygens (including phenoxy) is 9. The number of aliphatic imine (C=N–C) groups is 1. The van der Waals surface area contributed by atoms with E-state index in [9.17, 15) is 9.90 Å². The topological polar surface area (TPSA) is 159 Å². The highest BCUT2D eigenvalue weighted by Crippen LogP contribution is 2.63. The third-order valence-electron chi connectivity index (χ3n) is 15.2. The average molecular weight is 757 g/mol. The van der Waals surface area contributed by atoms with Crippen LogP contribution in [0.4, 0.5) is 0 Å². The van der Waals surface area contributed by atoms with Crippen molar-refractivity contribution in [3.63, 3.8) is 0 Å². The number of rotatable bonds is 5. The van der Waals surface area contributed by atoms with Gasteiger partial charge in [-0.1, -0.05) is 13.5 Å². The van der Waals surface area contributed by atoms with Gasteiger partial charge in [-0.2, -0.15) is 0 Å². The molecule has 0 aromatic heterocycles. The lowest BCUT2D eigenvalue weighted by molar-refractivity contribution is -0.461. The monoisotopic (exact) mass is 756 g/mol. The van der Waals surface area contributed by atoms with Crippen LogP contribution in [0.25, 0.3) is 0 Å². The molecule has 13 aliphatic rings. The van der Waals surface area contributed by atoms with E-state index < -0.39 is 35.9 Å². The van der Waals surface area contributed by atoms with Crippen molar-refractivity contribution in [3.05, 3.63) is 12.2 Å². The van der Waals surface area contributed by atoms with Crippen LogP contribution < -0.4 is 5.73 Å². The van der Waals surface area contributed by atoms with E-state index in [0.717, 1.165) is 37.0 Å². The Kier molecular flexibility index (Phi) is 9.50. The van der Waals surface area contributed by atoms with Gasteiger partial charge < -0.3 is 53.5 Å². The van der Waals surface area contributed by atoms with Crippen LogP contribution in [-0.4, -0.2) is 134 Å². The highest BCUT2D eigenvalue weighted by Gasteiger charge is 2.76. The summed E-state index contributed by atoms with van der Waals surface area (Å²) in [6.07, 6.45) is 4.28. The fourth-order valence-electron chi connectivity index (χ4n) is 12.5. The van der Waals surface area contributed by atoms with Crippen LogP contribution in [0, 0.1) is 23.7 Å². The highest BCUT2D eigenvalue weighted by atomic mass is 16.7. The second-order valence-electron chi connectivity index (χ2n) is 18.4. The summed E-state index contributed by atoms with van der Waals surface area (Å²) in [5, 5.41) is 12.5. The first-order chi connectivity index (χ1) is 26.1. The zero-order valence-electron chi connectivity index (χ0n) is 32.1. The van der Waals surface area contributed by atoms with Gasteiger partial charge in [0.2, 0.25) is 5.72 Å². The zero-order chi connectivity index (χ0) is 37.1. The summed E-state index contributed by atoms with van der Waals surface area (Å²) in [5.41, 5.74) is 6.80. The van der Waals surface area contributed by atoms with Gasteiger partial charge in [-0.05, 0) is 56.4 Å². The average Bonchev–Trinajstić information content (AvgIpc) is 3.64. The zero-order valence-corrected chi connectivity index (χ0v) is 32.1. The Bertz CT molecular complexity index is 1510. The van der Waals surface area contributed by atoms with Gasteiger partial charge in [0.1, 0.15) is 18.0 Å². The molecule has 0 amide bonds. The Morgan fingerprint density at radius 1 is 0.907 bits per heavy atom. The van der Waals surface area contributed by atoms with E-state index in [1.54, 1.807) is 14.2 Å². The van der Waals surface area contributed by atoms with Crippen molar-refractivity contribution in [1.29, 1.82) is 0 Å². The molecule has 13 heteroatoms. The molecule has 20 atom stereocenters. The first-order valence-corrected chi connectivity index (χ1v) is 21.0. The van der Waals surface area contributed by atoms with Crippen molar-refractivity contribution < 1.29 is 52.5 Å². The van der Waals surface area contributed by atoms with E-state index in [-0.39, 0.29) is 96.9 Å². The Hall–Kier alpha value is -1.36. The quantitative estimate of drug-likeness (QED) is 0.396. The summed E-state index contributed by atoms with van der Waals surface area (Å²) in [7, 11) is 3.37. The molecule has 0 aromatic rings. The molecule has 12 aliphatic heterocycles. The van der Waals surface area contributed by atoms with Crippen molar-refractivity contribution in [1.82, 2.24) is 0 Å². The lowest BCUT2D eigenvalue weighted by Crippen LogP contribution is -2.84. The molecule has 3 N–H and O–H groups in total. The second-order valence-corrected chi connectivity index (χ2v) is 18.4. The molecule has 0 aromatic carbocycles. The molecular formula is C41H60N2O11. The summed E-state index contributed by atoms with van der Waals surface area (Å²) in [6.45, 7) is 7.02. The maximum atomic E-state index is 14.2. The lowest BCUT2D eigenvalue weighted by Gasteiger charge is -2.72. The number of fused-ring (bicyclic) bond motifs is 5. The fourth-order valence-corrected chi connectivity index (χ4v) is 12.5. The number of ketones is 1. The molecule has 1 aliphatic carbocycles. The van der Waals surface area contributed by atoms with Crippen molar-refractivity contribution in [3.8, 4) is 0 Å². The second kappa shape index (κ2) is 13.9. The van der Waals surface area contributed by atoms with Gasteiger partial charge in [-0.15, -0.1) is 0 Å². The molecule has 300 valence electrons. The first-order valence-electron chi connectivity index (χ1n) is 21.0. The smallest absolute Gasteiger partial charge is 0.212 e. The van der Waals surface area contributed by atoms with E-state index in [0.29, 0.717) is 57.9 Å². The number of hydrogen-bond donors (Lipinski definition) is 2. The van der Waals surface area contributed by atoms with Crippen molar-refractivity contribution in [2.75, 3.05) is 20.8 Å². The molecule has 12 heterocycles. The Morgan fingerprint density at radius 3 is 2.54 bits per heavy atom. The molecule has 1 saturated carbocycles. The van der Waals surface area contributed by atoms with Gasteiger partial charge >= 0.3 is 0 Å². The van der Waals surface area contributed by atoms with Gasteiger partial charge in [0, 0.05) is 82.8 Å². The first kappa shape index (κ1) is 36.9. The summed E-state index contributed by atoms with van der Waals surface area (Å²) < 4.78 is 60.5. The molecule has 0 radical (unpaired) electrons. The number of carbonyl (C=O) groups excluding carboxylic acids is 1. The molecule has 9 saturated heterocycles.